The van der Waals surface area contributed by atoms with E-state index in [9.17, 15) is 0 Å². The molecule has 1 heterocycles. The molecule has 0 bridgehead atoms. The zero-order valence-corrected chi connectivity index (χ0v) is 11.5. The molecule has 0 spiro atoms. The zero-order chi connectivity index (χ0) is 13.0. The van der Waals surface area contributed by atoms with E-state index in [4.69, 9.17) is 9.47 Å². The summed E-state index contributed by atoms with van der Waals surface area (Å²) in [5.74, 6) is 1.54. The third kappa shape index (κ3) is 2.92. The van der Waals surface area contributed by atoms with Crippen molar-refractivity contribution in [2.24, 2.45) is 0 Å². The lowest BCUT2D eigenvalue weighted by atomic mass is 10.2. The fraction of sp³-hybridized carbons (Fsp3) is 0.308. The maximum Gasteiger partial charge on any atom is 0.124 e. The number of benzene rings is 1. The molecule has 1 unspecified atom stereocenters. The minimum Gasteiger partial charge on any atom is -0.497 e. The first-order valence-corrected chi connectivity index (χ1v) is 6.49. The molecule has 1 aromatic carbocycles. The molecule has 1 atom stereocenters. The number of nitrogens with one attached hydrogen (secondary N) is 1. The van der Waals surface area contributed by atoms with Gasteiger partial charge in [-0.15, -0.1) is 11.3 Å². The quantitative estimate of drug-likeness (QED) is 0.899. The second-order valence-electron chi connectivity index (χ2n) is 3.87. The van der Waals surface area contributed by atoms with Gasteiger partial charge in [-0.3, -0.25) is 4.98 Å². The monoisotopic (exact) mass is 264 g/mol. The topological polar surface area (TPSA) is 43.4 Å². The third-order valence-electron chi connectivity index (χ3n) is 2.61. The molecule has 0 radical (unpaired) electrons. The first-order valence-electron chi connectivity index (χ1n) is 5.61. The van der Waals surface area contributed by atoms with Crippen LogP contribution in [0.4, 0.5) is 5.69 Å². The summed E-state index contributed by atoms with van der Waals surface area (Å²) in [7, 11) is 3.29. The highest BCUT2D eigenvalue weighted by atomic mass is 32.1. The molecule has 5 heteroatoms. The molecule has 18 heavy (non-hydrogen) atoms. The average molecular weight is 264 g/mol. The highest BCUT2D eigenvalue weighted by molar-refractivity contribution is 7.09. The van der Waals surface area contributed by atoms with Crippen LogP contribution >= 0.6 is 11.3 Å². The lowest BCUT2D eigenvalue weighted by molar-refractivity contribution is 0.394. The van der Waals surface area contributed by atoms with Gasteiger partial charge in [0.05, 0.1) is 25.8 Å². The van der Waals surface area contributed by atoms with E-state index in [1.165, 1.54) is 4.88 Å². The van der Waals surface area contributed by atoms with Gasteiger partial charge < -0.3 is 14.8 Å². The zero-order valence-electron chi connectivity index (χ0n) is 10.6. The van der Waals surface area contributed by atoms with E-state index in [1.807, 2.05) is 29.9 Å². The third-order valence-corrected chi connectivity index (χ3v) is 3.57. The Morgan fingerprint density at radius 3 is 2.33 bits per heavy atom. The molecular formula is C13H16N2O2S. The number of aromatic nitrogens is 1. The Labute approximate surface area is 111 Å². The van der Waals surface area contributed by atoms with Crippen LogP contribution in [-0.4, -0.2) is 19.2 Å². The maximum absolute atomic E-state index is 5.24. The lowest BCUT2D eigenvalue weighted by Gasteiger charge is -2.15. The van der Waals surface area contributed by atoms with E-state index in [0.717, 1.165) is 17.2 Å². The van der Waals surface area contributed by atoms with Crippen LogP contribution in [0.1, 0.15) is 17.8 Å². The van der Waals surface area contributed by atoms with Crippen molar-refractivity contribution in [3.05, 3.63) is 34.8 Å². The van der Waals surface area contributed by atoms with Crippen LogP contribution in [0.25, 0.3) is 0 Å². The van der Waals surface area contributed by atoms with Crippen LogP contribution in [0.2, 0.25) is 0 Å². The van der Waals surface area contributed by atoms with E-state index in [1.54, 1.807) is 25.6 Å². The molecule has 1 N–H and O–H groups in total. The van der Waals surface area contributed by atoms with E-state index < -0.39 is 0 Å². The van der Waals surface area contributed by atoms with Gasteiger partial charge in [-0.2, -0.15) is 0 Å². The Morgan fingerprint density at radius 1 is 1.17 bits per heavy atom. The number of ether oxygens (including phenoxy) is 2. The van der Waals surface area contributed by atoms with Crippen LogP contribution < -0.4 is 14.8 Å². The highest BCUT2D eigenvalue weighted by Crippen LogP contribution is 2.29. The van der Waals surface area contributed by atoms with Crippen molar-refractivity contribution in [2.75, 3.05) is 19.5 Å². The van der Waals surface area contributed by atoms with Crippen molar-refractivity contribution in [2.45, 2.75) is 13.0 Å². The Morgan fingerprint density at radius 2 is 1.83 bits per heavy atom. The second kappa shape index (κ2) is 5.73. The molecule has 2 rings (SSSR count). The molecule has 0 saturated heterocycles. The van der Waals surface area contributed by atoms with Crippen LogP contribution in [0.3, 0.4) is 0 Å². The van der Waals surface area contributed by atoms with Gasteiger partial charge in [0, 0.05) is 35.0 Å². The smallest absolute Gasteiger partial charge is 0.124 e. The first kappa shape index (κ1) is 12.7. The first-order chi connectivity index (χ1) is 8.72. The van der Waals surface area contributed by atoms with Crippen LogP contribution in [-0.2, 0) is 0 Å². The number of anilines is 1. The number of hydrogen-bond acceptors (Lipinski definition) is 5. The van der Waals surface area contributed by atoms with Crippen molar-refractivity contribution in [1.29, 1.82) is 0 Å². The van der Waals surface area contributed by atoms with Crippen LogP contribution in [0.15, 0.2) is 29.9 Å². The number of hydrogen-bond donors (Lipinski definition) is 1. The van der Waals surface area contributed by atoms with Gasteiger partial charge in [0.2, 0.25) is 0 Å². The standard InChI is InChI=1S/C13H16N2O2S/c1-9(13-7-14-8-18-13)15-10-4-11(16-2)6-12(5-10)17-3/h4-9,15H,1-3H3. The predicted molar refractivity (Wildman–Crippen MR) is 73.7 cm³/mol. The predicted octanol–water partition coefficient (Wildman–Crippen LogP) is 3.33. The van der Waals surface area contributed by atoms with Crippen LogP contribution in [0, 0.1) is 0 Å². The van der Waals surface area contributed by atoms with Gasteiger partial charge in [-0.05, 0) is 6.92 Å². The molecule has 4 nitrogen and oxygen atoms in total. The normalized spacial score (nSPS) is 11.9. The number of thiazole rings is 1. The molecule has 0 fully saturated rings. The average Bonchev–Trinajstić information content (AvgIpc) is 2.92. The lowest BCUT2D eigenvalue weighted by Crippen LogP contribution is -2.05. The Bertz CT molecular complexity index is 477. The minimum absolute atomic E-state index is 0.203. The molecule has 1 aromatic heterocycles. The van der Waals surface area contributed by atoms with Gasteiger partial charge in [0.25, 0.3) is 0 Å². The summed E-state index contributed by atoms with van der Waals surface area (Å²) in [5, 5.41) is 3.40. The molecule has 2 aromatic rings. The summed E-state index contributed by atoms with van der Waals surface area (Å²) in [6.45, 7) is 2.10. The van der Waals surface area contributed by atoms with E-state index in [0.29, 0.717) is 0 Å². The van der Waals surface area contributed by atoms with Gasteiger partial charge >= 0.3 is 0 Å². The minimum atomic E-state index is 0.203. The second-order valence-corrected chi connectivity index (χ2v) is 4.79. The molecule has 0 amide bonds. The van der Waals surface area contributed by atoms with Gasteiger partial charge in [-0.25, -0.2) is 0 Å². The van der Waals surface area contributed by atoms with Crippen LogP contribution in [0.5, 0.6) is 11.5 Å². The summed E-state index contributed by atoms with van der Waals surface area (Å²) < 4.78 is 10.5. The molecule has 0 aliphatic heterocycles. The van der Waals surface area contributed by atoms with E-state index >= 15 is 0 Å². The summed E-state index contributed by atoms with van der Waals surface area (Å²) in [6.07, 6.45) is 1.87. The van der Waals surface area contributed by atoms with Crippen molar-refractivity contribution in [3.63, 3.8) is 0 Å². The van der Waals surface area contributed by atoms with Crippen molar-refractivity contribution in [3.8, 4) is 11.5 Å². The molecular weight excluding hydrogens is 248 g/mol. The Kier molecular flexibility index (Phi) is 4.04. The Hall–Kier alpha value is -1.75. The van der Waals surface area contributed by atoms with Crippen molar-refractivity contribution in [1.82, 2.24) is 4.98 Å². The van der Waals surface area contributed by atoms with Crippen molar-refractivity contribution >= 4 is 17.0 Å². The number of nitrogens with zero attached hydrogens (tertiary/aromatic N) is 1. The molecule has 96 valence electrons. The number of methoxy groups -OCH3 is 2. The van der Waals surface area contributed by atoms with E-state index in [2.05, 4.69) is 17.2 Å². The summed E-state index contributed by atoms with van der Waals surface area (Å²) >= 11 is 1.63. The summed E-state index contributed by atoms with van der Waals surface area (Å²) in [5.41, 5.74) is 2.80. The summed E-state index contributed by atoms with van der Waals surface area (Å²) in [6, 6.07) is 5.94. The van der Waals surface area contributed by atoms with E-state index in [-0.39, 0.29) is 6.04 Å². The van der Waals surface area contributed by atoms with Crippen molar-refractivity contribution < 1.29 is 9.47 Å². The van der Waals surface area contributed by atoms with Gasteiger partial charge in [-0.1, -0.05) is 0 Å². The molecule has 0 saturated carbocycles. The maximum atomic E-state index is 5.24. The number of rotatable bonds is 5. The SMILES string of the molecule is COc1cc(NC(C)c2cncs2)cc(OC)c1. The molecule has 0 aliphatic rings. The fourth-order valence-electron chi connectivity index (χ4n) is 1.65. The summed E-state index contributed by atoms with van der Waals surface area (Å²) in [4.78, 5) is 5.27. The van der Waals surface area contributed by atoms with Gasteiger partial charge in [0.1, 0.15) is 11.5 Å². The molecule has 0 aliphatic carbocycles. The fourth-order valence-corrected chi connectivity index (χ4v) is 2.28. The van der Waals surface area contributed by atoms with Gasteiger partial charge in [0.15, 0.2) is 0 Å². The Balaban J connectivity index is 2.17. The largest absolute Gasteiger partial charge is 0.497 e. The highest BCUT2D eigenvalue weighted by Gasteiger charge is 2.08.